The van der Waals surface area contributed by atoms with Crippen molar-refractivity contribution in [3.63, 3.8) is 0 Å². The first-order valence-electron chi connectivity index (χ1n) is 9.40. The molecule has 0 saturated carbocycles. The van der Waals surface area contributed by atoms with Gasteiger partial charge < -0.3 is 10.6 Å². The van der Waals surface area contributed by atoms with Crippen LogP contribution in [0.1, 0.15) is 33.6 Å². The quantitative estimate of drug-likeness (QED) is 0.367. The molecule has 10 nitrogen and oxygen atoms in total. The third kappa shape index (κ3) is 5.31. The van der Waals surface area contributed by atoms with E-state index in [0.717, 1.165) is 23.1 Å². The van der Waals surface area contributed by atoms with Gasteiger partial charge in [0.05, 0.1) is 16.1 Å². The molecule has 0 radical (unpaired) electrons. The number of amides is 4. The van der Waals surface area contributed by atoms with Crippen LogP contribution in [0, 0.1) is 10.1 Å². The average molecular weight is 464 g/mol. The first kappa shape index (κ1) is 23.4. The molecule has 0 bridgehead atoms. The summed E-state index contributed by atoms with van der Waals surface area (Å²) in [6, 6.07) is 8.42. The minimum Gasteiger partial charge on any atom is -0.326 e. The normalized spacial score (nSPS) is 13.0. The summed E-state index contributed by atoms with van der Waals surface area (Å²) in [6.07, 6.45) is -5.12. The van der Waals surface area contributed by atoms with Crippen LogP contribution >= 0.6 is 0 Å². The van der Waals surface area contributed by atoms with Gasteiger partial charge in [0.2, 0.25) is 5.91 Å². The maximum absolute atomic E-state index is 12.4. The summed E-state index contributed by atoms with van der Waals surface area (Å²) < 4.78 is 37.0. The van der Waals surface area contributed by atoms with Gasteiger partial charge in [0.15, 0.2) is 0 Å². The number of halogens is 3. The number of fused-ring (bicyclic) bond motifs is 1. The van der Waals surface area contributed by atoms with E-state index in [1.165, 1.54) is 24.3 Å². The lowest BCUT2D eigenvalue weighted by molar-refractivity contribution is -0.384. The number of anilines is 2. The summed E-state index contributed by atoms with van der Waals surface area (Å²) in [5, 5.41) is 15.0. The smallest absolute Gasteiger partial charge is 0.326 e. The van der Waals surface area contributed by atoms with Crippen LogP contribution < -0.4 is 10.6 Å². The highest BCUT2D eigenvalue weighted by Crippen LogP contribution is 2.27. The Labute approximate surface area is 183 Å². The predicted molar refractivity (Wildman–Crippen MR) is 107 cm³/mol. The number of alkyl halides is 3. The van der Waals surface area contributed by atoms with Crippen LogP contribution in [0.5, 0.6) is 0 Å². The number of benzene rings is 2. The summed E-state index contributed by atoms with van der Waals surface area (Å²) in [7, 11) is 0. The molecule has 3 rings (SSSR count). The Kier molecular flexibility index (Phi) is 6.42. The highest BCUT2D eigenvalue weighted by atomic mass is 19.4. The number of nitro benzene ring substituents is 1. The highest BCUT2D eigenvalue weighted by molar-refractivity contribution is 6.21. The molecule has 33 heavy (non-hydrogen) atoms. The number of rotatable bonds is 7. The van der Waals surface area contributed by atoms with Crippen molar-refractivity contribution in [2.75, 3.05) is 17.2 Å². The van der Waals surface area contributed by atoms with Gasteiger partial charge in [-0.1, -0.05) is 6.07 Å². The fraction of sp³-hybridized carbons (Fsp3) is 0.200. The predicted octanol–water partition coefficient (Wildman–Crippen LogP) is 3.11. The molecule has 13 heteroatoms. The molecule has 2 N–H and O–H groups in total. The minimum absolute atomic E-state index is 0.0350. The Bertz CT molecular complexity index is 1160. The van der Waals surface area contributed by atoms with Gasteiger partial charge in [-0.05, 0) is 30.7 Å². The Morgan fingerprint density at radius 1 is 0.970 bits per heavy atom. The van der Waals surface area contributed by atoms with Crippen molar-refractivity contribution in [1.82, 2.24) is 4.90 Å². The van der Waals surface area contributed by atoms with Gasteiger partial charge in [-0.2, -0.15) is 13.2 Å². The number of non-ortho nitro benzene ring substituents is 1. The van der Waals surface area contributed by atoms with Crippen molar-refractivity contribution in [3.05, 3.63) is 63.7 Å². The number of nitro groups is 1. The largest absolute Gasteiger partial charge is 0.471 e. The molecule has 2 aromatic rings. The van der Waals surface area contributed by atoms with Crippen LogP contribution in [0.25, 0.3) is 0 Å². The van der Waals surface area contributed by atoms with Crippen LogP contribution in [-0.4, -0.2) is 46.2 Å². The monoisotopic (exact) mass is 464 g/mol. The van der Waals surface area contributed by atoms with E-state index < -0.39 is 34.7 Å². The SMILES string of the molecule is O=C(CCCN1C(=O)c2ccc([N+](=O)[O-])cc2C1=O)Nc1cccc(NC(=O)C(F)(F)F)c1. The molecule has 1 aliphatic rings. The van der Waals surface area contributed by atoms with Gasteiger partial charge in [-0.25, -0.2) is 0 Å². The number of hydrogen-bond acceptors (Lipinski definition) is 6. The van der Waals surface area contributed by atoms with Crippen molar-refractivity contribution >= 4 is 40.7 Å². The van der Waals surface area contributed by atoms with Gasteiger partial charge in [0.1, 0.15) is 0 Å². The first-order valence-corrected chi connectivity index (χ1v) is 9.40. The zero-order chi connectivity index (χ0) is 24.3. The van der Waals surface area contributed by atoms with Crippen molar-refractivity contribution in [2.45, 2.75) is 19.0 Å². The van der Waals surface area contributed by atoms with Crippen LogP contribution in [0.15, 0.2) is 42.5 Å². The molecule has 1 aliphatic heterocycles. The molecular weight excluding hydrogens is 449 g/mol. The fourth-order valence-electron chi connectivity index (χ4n) is 3.09. The molecule has 1 heterocycles. The second kappa shape index (κ2) is 9.06. The highest BCUT2D eigenvalue weighted by Gasteiger charge is 2.39. The van der Waals surface area contributed by atoms with Crippen molar-refractivity contribution in [2.24, 2.45) is 0 Å². The molecule has 0 aromatic heterocycles. The number of carbonyl (C=O) groups is 4. The van der Waals surface area contributed by atoms with E-state index in [-0.39, 0.29) is 47.6 Å². The number of carbonyl (C=O) groups excluding carboxylic acids is 4. The zero-order valence-corrected chi connectivity index (χ0v) is 16.6. The lowest BCUT2D eigenvalue weighted by Gasteiger charge is -2.13. The van der Waals surface area contributed by atoms with Gasteiger partial charge in [0, 0.05) is 36.5 Å². The molecule has 0 unspecified atom stereocenters. The molecule has 172 valence electrons. The molecule has 0 atom stereocenters. The van der Waals surface area contributed by atoms with Crippen LogP contribution in [-0.2, 0) is 9.59 Å². The average Bonchev–Trinajstić information content (AvgIpc) is 2.97. The van der Waals surface area contributed by atoms with E-state index in [9.17, 15) is 42.5 Å². The standard InChI is InChI=1S/C20H15F3N4O6/c21-20(22,23)19(31)25-12-4-1-3-11(9-12)24-16(28)5-2-8-26-17(29)14-7-6-13(27(32)33)10-15(14)18(26)30/h1,3-4,6-7,9-10H,2,5,8H2,(H,24,28)(H,25,31). The minimum atomic E-state index is -5.06. The van der Waals surface area contributed by atoms with Gasteiger partial charge in [0.25, 0.3) is 17.5 Å². The molecular formula is C20H15F3N4O6. The summed E-state index contributed by atoms with van der Waals surface area (Å²) in [4.78, 5) is 59.0. The Balaban J connectivity index is 1.54. The van der Waals surface area contributed by atoms with E-state index in [1.807, 2.05) is 0 Å². The molecule has 2 aromatic carbocycles. The van der Waals surface area contributed by atoms with E-state index in [2.05, 4.69) is 5.32 Å². The number of imide groups is 1. The summed E-state index contributed by atoms with van der Waals surface area (Å²) >= 11 is 0. The van der Waals surface area contributed by atoms with E-state index in [4.69, 9.17) is 0 Å². The van der Waals surface area contributed by atoms with Gasteiger partial charge in [-0.3, -0.25) is 34.2 Å². The number of nitrogens with one attached hydrogen (secondary N) is 2. The number of nitrogens with zero attached hydrogens (tertiary/aromatic N) is 2. The number of hydrogen-bond donors (Lipinski definition) is 2. The first-order chi connectivity index (χ1) is 15.5. The van der Waals surface area contributed by atoms with Crippen LogP contribution in [0.4, 0.5) is 30.2 Å². The van der Waals surface area contributed by atoms with E-state index in [1.54, 1.807) is 5.32 Å². The van der Waals surface area contributed by atoms with Crippen LogP contribution in [0.2, 0.25) is 0 Å². The lowest BCUT2D eigenvalue weighted by atomic mass is 10.1. The topological polar surface area (TPSA) is 139 Å². The van der Waals surface area contributed by atoms with Crippen LogP contribution in [0.3, 0.4) is 0 Å². The summed E-state index contributed by atoms with van der Waals surface area (Å²) in [6.45, 7) is -0.116. The maximum Gasteiger partial charge on any atom is 0.471 e. The third-order valence-corrected chi connectivity index (χ3v) is 4.61. The zero-order valence-electron chi connectivity index (χ0n) is 16.6. The molecule has 0 saturated heterocycles. The van der Waals surface area contributed by atoms with Crippen molar-refractivity contribution in [3.8, 4) is 0 Å². The van der Waals surface area contributed by atoms with Gasteiger partial charge in [-0.15, -0.1) is 0 Å². The molecule has 0 fully saturated rings. The van der Waals surface area contributed by atoms with Crippen molar-refractivity contribution < 1.29 is 37.3 Å². The summed E-state index contributed by atoms with van der Waals surface area (Å²) in [5.41, 5.74) is -0.419. The Hall–Kier alpha value is -4.29. The maximum atomic E-state index is 12.4. The second-order valence-electron chi connectivity index (χ2n) is 6.93. The second-order valence-corrected chi connectivity index (χ2v) is 6.93. The fourth-order valence-corrected chi connectivity index (χ4v) is 3.09. The van der Waals surface area contributed by atoms with E-state index >= 15 is 0 Å². The van der Waals surface area contributed by atoms with Crippen molar-refractivity contribution in [1.29, 1.82) is 0 Å². The molecule has 0 spiro atoms. The summed E-state index contributed by atoms with van der Waals surface area (Å²) in [5.74, 6) is -4.02. The van der Waals surface area contributed by atoms with E-state index in [0.29, 0.717) is 0 Å². The third-order valence-electron chi connectivity index (χ3n) is 4.61. The molecule has 4 amide bonds. The Morgan fingerprint density at radius 2 is 1.61 bits per heavy atom. The lowest BCUT2D eigenvalue weighted by Crippen LogP contribution is -2.31. The van der Waals surface area contributed by atoms with Gasteiger partial charge >= 0.3 is 12.1 Å². The molecule has 0 aliphatic carbocycles. The Morgan fingerprint density at radius 3 is 2.24 bits per heavy atom.